The third kappa shape index (κ3) is 5.05. The maximum Gasteiger partial charge on any atom is 0.254 e. The van der Waals surface area contributed by atoms with Crippen LogP contribution in [0.3, 0.4) is 0 Å². The van der Waals surface area contributed by atoms with Crippen LogP contribution >= 0.6 is 0 Å². The number of likely N-dealkylation sites (tertiary alicyclic amines) is 1. The summed E-state index contributed by atoms with van der Waals surface area (Å²) in [6, 6.07) is 10.5. The van der Waals surface area contributed by atoms with E-state index in [1.165, 1.54) is 12.8 Å². The number of aromatic nitrogens is 4. The normalized spacial score (nSPS) is 24.0. The number of amides is 1. The number of rotatable bonds is 7. The standard InChI is InChI=1S/C32H40N6O2.C2H4/c1-4-23-17-36(20(3)28(23)33)32(39)25-12-19(2)29-26(13-25)35-31(38(29)16-22-9-11-40-18-22)27-14-24-6-5-10-34-30(24)37(27)15-21-7-8-21;1-2/h5-6,10,12-14,20-23,28H,4,7-9,11,15-18,33H2,1-3H3;1-2H2. The molecule has 0 bridgehead atoms. The van der Waals surface area contributed by atoms with Gasteiger partial charge in [-0.05, 0) is 80.8 Å². The quantitative estimate of drug-likeness (QED) is 0.284. The third-order valence-electron chi connectivity index (χ3n) is 9.58. The molecule has 3 aliphatic rings. The maximum absolute atomic E-state index is 13.8. The highest BCUT2D eigenvalue weighted by molar-refractivity contribution is 5.99. The van der Waals surface area contributed by atoms with Gasteiger partial charge in [0.25, 0.3) is 5.91 Å². The van der Waals surface area contributed by atoms with Crippen molar-refractivity contribution in [3.63, 3.8) is 0 Å². The first-order valence-electron chi connectivity index (χ1n) is 15.5. The van der Waals surface area contributed by atoms with Crippen LogP contribution in [0.25, 0.3) is 33.6 Å². The van der Waals surface area contributed by atoms with Crippen molar-refractivity contribution in [3.05, 3.63) is 60.8 Å². The number of aryl methyl sites for hydroxylation is 1. The van der Waals surface area contributed by atoms with Crippen molar-refractivity contribution in [3.8, 4) is 11.5 Å². The summed E-state index contributed by atoms with van der Waals surface area (Å²) in [6.45, 7) is 16.4. The molecule has 8 nitrogen and oxygen atoms in total. The number of fused-ring (bicyclic) bond motifs is 2. The monoisotopic (exact) mass is 568 g/mol. The third-order valence-corrected chi connectivity index (χ3v) is 9.58. The van der Waals surface area contributed by atoms with Gasteiger partial charge in [-0.3, -0.25) is 4.79 Å². The Kier molecular flexibility index (Phi) is 7.94. The fraction of sp³-hybridized carbons (Fsp3) is 0.500. The van der Waals surface area contributed by atoms with Crippen molar-refractivity contribution < 1.29 is 9.53 Å². The van der Waals surface area contributed by atoms with Gasteiger partial charge in [0, 0.05) is 61.4 Å². The van der Waals surface area contributed by atoms with E-state index in [-0.39, 0.29) is 18.0 Å². The number of hydrogen-bond acceptors (Lipinski definition) is 5. The molecule has 1 aromatic carbocycles. The van der Waals surface area contributed by atoms with E-state index in [4.69, 9.17) is 20.4 Å². The lowest BCUT2D eigenvalue weighted by molar-refractivity contribution is 0.0739. The Hall–Kier alpha value is -3.49. The van der Waals surface area contributed by atoms with Crippen molar-refractivity contribution in [2.75, 3.05) is 19.8 Å². The van der Waals surface area contributed by atoms with Gasteiger partial charge < -0.3 is 24.5 Å². The minimum Gasteiger partial charge on any atom is -0.381 e. The van der Waals surface area contributed by atoms with Gasteiger partial charge in [-0.15, -0.1) is 13.2 Å². The minimum atomic E-state index is 0.0141. The first kappa shape index (κ1) is 28.6. The van der Waals surface area contributed by atoms with Crippen LogP contribution in [-0.4, -0.2) is 61.8 Å². The molecular formula is C34H44N6O2. The zero-order valence-electron chi connectivity index (χ0n) is 25.3. The minimum absolute atomic E-state index is 0.0141. The fourth-order valence-corrected chi connectivity index (χ4v) is 6.95. The molecular weight excluding hydrogens is 524 g/mol. The number of carbonyl (C=O) groups excluding carboxylic acids is 1. The Morgan fingerprint density at radius 2 is 1.90 bits per heavy atom. The second-order valence-electron chi connectivity index (χ2n) is 12.4. The van der Waals surface area contributed by atoms with Crippen LogP contribution in [0.15, 0.2) is 49.7 Å². The highest BCUT2D eigenvalue weighted by Crippen LogP contribution is 2.37. The predicted octanol–water partition coefficient (Wildman–Crippen LogP) is 5.81. The van der Waals surface area contributed by atoms with Gasteiger partial charge in [-0.25, -0.2) is 9.97 Å². The number of carbonyl (C=O) groups is 1. The number of imidazole rings is 1. The van der Waals surface area contributed by atoms with E-state index >= 15 is 0 Å². The number of hydrogen-bond donors (Lipinski definition) is 1. The van der Waals surface area contributed by atoms with Crippen LogP contribution in [0.4, 0.5) is 0 Å². The summed E-state index contributed by atoms with van der Waals surface area (Å²) in [5, 5.41) is 1.14. The maximum atomic E-state index is 13.8. The molecule has 7 rings (SSSR count). The number of pyridine rings is 1. The van der Waals surface area contributed by atoms with E-state index in [2.05, 4.69) is 61.3 Å². The average Bonchev–Trinajstić information content (AvgIpc) is 3.29. The van der Waals surface area contributed by atoms with E-state index in [9.17, 15) is 4.79 Å². The number of nitrogens with zero attached hydrogens (tertiary/aromatic N) is 5. The van der Waals surface area contributed by atoms with Crippen molar-refractivity contribution in [1.29, 1.82) is 0 Å². The van der Waals surface area contributed by atoms with Crippen LogP contribution in [0, 0.1) is 24.7 Å². The van der Waals surface area contributed by atoms with Crippen molar-refractivity contribution in [1.82, 2.24) is 24.0 Å². The topological polar surface area (TPSA) is 91.2 Å². The zero-order valence-corrected chi connectivity index (χ0v) is 25.3. The summed E-state index contributed by atoms with van der Waals surface area (Å²) in [4.78, 5) is 25.8. The second kappa shape index (κ2) is 11.7. The van der Waals surface area contributed by atoms with Crippen LogP contribution in [0.5, 0.6) is 0 Å². The summed E-state index contributed by atoms with van der Waals surface area (Å²) in [7, 11) is 0. The molecule has 4 aromatic rings. The molecule has 4 unspecified atom stereocenters. The van der Waals surface area contributed by atoms with Crippen molar-refractivity contribution >= 4 is 28.0 Å². The molecule has 2 N–H and O–H groups in total. The van der Waals surface area contributed by atoms with E-state index in [0.29, 0.717) is 29.9 Å². The molecule has 2 aliphatic heterocycles. The molecule has 1 amide bonds. The molecule has 42 heavy (non-hydrogen) atoms. The molecule has 1 saturated carbocycles. The highest BCUT2D eigenvalue weighted by Gasteiger charge is 2.39. The number of benzene rings is 1. The van der Waals surface area contributed by atoms with Crippen LogP contribution < -0.4 is 5.73 Å². The lowest BCUT2D eigenvalue weighted by atomic mass is 9.98. The summed E-state index contributed by atoms with van der Waals surface area (Å²) in [5.74, 6) is 2.48. The van der Waals surface area contributed by atoms with Gasteiger partial charge in [0.2, 0.25) is 0 Å². The van der Waals surface area contributed by atoms with E-state index < -0.39 is 0 Å². The predicted molar refractivity (Wildman–Crippen MR) is 168 cm³/mol. The van der Waals surface area contributed by atoms with E-state index in [0.717, 1.165) is 78.3 Å². The second-order valence-corrected chi connectivity index (χ2v) is 12.4. The van der Waals surface area contributed by atoms with Crippen LogP contribution in [0.1, 0.15) is 55.5 Å². The molecule has 222 valence electrons. The molecule has 0 spiro atoms. The zero-order chi connectivity index (χ0) is 29.5. The Morgan fingerprint density at radius 1 is 1.12 bits per heavy atom. The molecule has 5 heterocycles. The van der Waals surface area contributed by atoms with Crippen LogP contribution in [0.2, 0.25) is 0 Å². The van der Waals surface area contributed by atoms with E-state index in [1.807, 2.05) is 23.2 Å². The lowest BCUT2D eigenvalue weighted by Crippen LogP contribution is -2.41. The number of ether oxygens (including phenoxy) is 1. The summed E-state index contributed by atoms with van der Waals surface area (Å²) in [6.07, 6.45) is 6.45. The van der Waals surface area contributed by atoms with Crippen molar-refractivity contribution in [2.45, 2.75) is 71.6 Å². The van der Waals surface area contributed by atoms with Crippen LogP contribution in [-0.2, 0) is 17.8 Å². The Bertz CT molecular complexity index is 1590. The molecule has 3 fully saturated rings. The fourth-order valence-electron chi connectivity index (χ4n) is 6.95. The Labute approximate surface area is 248 Å². The van der Waals surface area contributed by atoms with Gasteiger partial charge >= 0.3 is 0 Å². The van der Waals surface area contributed by atoms with E-state index in [1.54, 1.807) is 0 Å². The summed E-state index contributed by atoms with van der Waals surface area (Å²) >= 11 is 0. The van der Waals surface area contributed by atoms with Crippen molar-refractivity contribution in [2.24, 2.45) is 23.5 Å². The van der Waals surface area contributed by atoms with Gasteiger partial charge in [-0.1, -0.05) is 13.3 Å². The Balaban J connectivity index is 0.00000155. The first-order chi connectivity index (χ1) is 20.4. The molecule has 3 aromatic heterocycles. The molecule has 0 radical (unpaired) electrons. The molecule has 2 saturated heterocycles. The molecule has 8 heteroatoms. The van der Waals surface area contributed by atoms with Gasteiger partial charge in [0.15, 0.2) is 5.82 Å². The van der Waals surface area contributed by atoms with Gasteiger partial charge in [0.05, 0.1) is 23.3 Å². The lowest BCUT2D eigenvalue weighted by Gasteiger charge is -2.23. The average molecular weight is 569 g/mol. The summed E-state index contributed by atoms with van der Waals surface area (Å²) in [5.41, 5.74) is 12.4. The van der Waals surface area contributed by atoms with Gasteiger partial charge in [0.1, 0.15) is 5.65 Å². The summed E-state index contributed by atoms with van der Waals surface area (Å²) < 4.78 is 10.5. The largest absolute Gasteiger partial charge is 0.381 e. The smallest absolute Gasteiger partial charge is 0.254 e. The number of nitrogens with two attached hydrogens (primary N) is 1. The molecule has 1 aliphatic carbocycles. The SMILES string of the molecule is C=C.CCC1CN(C(=O)c2cc(C)c3c(c2)nc(-c2cc4cccnc4n2CC2CC2)n3CC2CCOC2)C(C)C1N. The first-order valence-corrected chi connectivity index (χ1v) is 15.5. The van der Waals surface area contributed by atoms with Gasteiger partial charge in [-0.2, -0.15) is 0 Å². The highest BCUT2D eigenvalue weighted by atomic mass is 16.5. The Morgan fingerprint density at radius 3 is 2.60 bits per heavy atom. The molecule has 4 atom stereocenters.